The van der Waals surface area contributed by atoms with Gasteiger partial charge < -0.3 is 9.47 Å². The van der Waals surface area contributed by atoms with Crippen molar-refractivity contribution in [1.29, 1.82) is 0 Å². The number of nitrogens with zero attached hydrogens (tertiary/aromatic N) is 1. The zero-order valence-electron chi connectivity index (χ0n) is 15.6. The van der Waals surface area contributed by atoms with Crippen LogP contribution in [-0.2, 0) is 16.0 Å². The van der Waals surface area contributed by atoms with Gasteiger partial charge in [0.15, 0.2) is 0 Å². The molecule has 0 atom stereocenters. The smallest absolute Gasteiger partial charge is 0.340 e. The maximum Gasteiger partial charge on any atom is 0.340 e. The van der Waals surface area contributed by atoms with E-state index in [0.717, 1.165) is 16.0 Å². The molecule has 144 valence electrons. The molecule has 7 heteroatoms. The molecule has 28 heavy (non-hydrogen) atoms. The summed E-state index contributed by atoms with van der Waals surface area (Å²) in [5.41, 5.74) is 3.30. The molecule has 3 aromatic rings. The van der Waals surface area contributed by atoms with Crippen LogP contribution in [0.3, 0.4) is 0 Å². The van der Waals surface area contributed by atoms with Crippen molar-refractivity contribution in [2.75, 3.05) is 19.6 Å². The third-order valence-corrected chi connectivity index (χ3v) is 4.37. The predicted molar refractivity (Wildman–Crippen MR) is 105 cm³/mol. The first-order valence-corrected chi connectivity index (χ1v) is 8.69. The Labute approximate surface area is 161 Å². The van der Waals surface area contributed by atoms with Gasteiger partial charge in [-0.25, -0.2) is 9.47 Å². The molecule has 2 aromatic carbocycles. The van der Waals surface area contributed by atoms with Crippen molar-refractivity contribution in [3.8, 4) is 5.75 Å². The lowest BCUT2D eigenvalue weighted by molar-refractivity contribution is -0.117. The van der Waals surface area contributed by atoms with Gasteiger partial charge in [-0.3, -0.25) is 15.0 Å². The summed E-state index contributed by atoms with van der Waals surface area (Å²) in [5, 5.41) is 0.795. The summed E-state index contributed by atoms with van der Waals surface area (Å²) in [7, 11) is 2.85. The first-order valence-electron chi connectivity index (χ1n) is 8.69. The molecule has 0 unspecified atom stereocenters. The highest BCUT2D eigenvalue weighted by Gasteiger charge is 2.16. The SMILES string of the molecule is COC(=O)c1cn(NC(=O)CCc2ccc(OC)cc2)c(=O)c2ccccc12. The van der Waals surface area contributed by atoms with Crippen molar-refractivity contribution in [2.45, 2.75) is 12.8 Å². The number of aromatic nitrogens is 1. The van der Waals surface area contributed by atoms with Crippen LogP contribution >= 0.6 is 0 Å². The second-order valence-electron chi connectivity index (χ2n) is 6.14. The van der Waals surface area contributed by atoms with E-state index in [1.807, 2.05) is 24.3 Å². The van der Waals surface area contributed by atoms with Crippen molar-refractivity contribution < 1.29 is 19.1 Å². The summed E-state index contributed by atoms with van der Waals surface area (Å²) in [4.78, 5) is 37.1. The number of hydrogen-bond donors (Lipinski definition) is 1. The second-order valence-corrected chi connectivity index (χ2v) is 6.14. The Bertz CT molecular complexity index is 1070. The van der Waals surface area contributed by atoms with E-state index in [9.17, 15) is 14.4 Å². The maximum atomic E-state index is 12.7. The van der Waals surface area contributed by atoms with E-state index < -0.39 is 11.5 Å². The first-order chi connectivity index (χ1) is 13.5. The lowest BCUT2D eigenvalue weighted by Gasteiger charge is -2.12. The number of rotatable bonds is 6. The number of carbonyl (C=O) groups is 2. The zero-order valence-corrected chi connectivity index (χ0v) is 15.6. The summed E-state index contributed by atoms with van der Waals surface area (Å²) in [6.45, 7) is 0. The van der Waals surface area contributed by atoms with Crippen LogP contribution < -0.4 is 15.7 Å². The zero-order chi connectivity index (χ0) is 20.1. The summed E-state index contributed by atoms with van der Waals surface area (Å²) in [6.07, 6.45) is 1.98. The molecule has 0 aliphatic rings. The minimum Gasteiger partial charge on any atom is -0.497 e. The number of hydrogen-bond acceptors (Lipinski definition) is 5. The fourth-order valence-corrected chi connectivity index (χ4v) is 2.89. The molecule has 0 aliphatic heterocycles. The Morgan fingerprint density at radius 2 is 1.68 bits per heavy atom. The largest absolute Gasteiger partial charge is 0.497 e. The molecule has 7 nitrogen and oxygen atoms in total. The van der Waals surface area contributed by atoms with E-state index >= 15 is 0 Å². The predicted octanol–water partition coefficient (Wildman–Crippen LogP) is 2.50. The fraction of sp³-hybridized carbons (Fsp3) is 0.190. The van der Waals surface area contributed by atoms with Crippen molar-refractivity contribution in [2.24, 2.45) is 0 Å². The van der Waals surface area contributed by atoms with E-state index in [1.165, 1.54) is 13.3 Å². The molecule has 1 heterocycles. The van der Waals surface area contributed by atoms with E-state index in [2.05, 4.69) is 5.43 Å². The fourth-order valence-electron chi connectivity index (χ4n) is 2.89. The van der Waals surface area contributed by atoms with Crippen LogP contribution in [0.25, 0.3) is 10.8 Å². The maximum absolute atomic E-state index is 12.7. The molecule has 0 radical (unpaired) electrons. The van der Waals surface area contributed by atoms with Gasteiger partial charge >= 0.3 is 5.97 Å². The Kier molecular flexibility index (Phi) is 5.74. The Balaban J connectivity index is 1.80. The molecular formula is C21H20N2O5. The van der Waals surface area contributed by atoms with Crippen LogP contribution in [0, 0.1) is 0 Å². The van der Waals surface area contributed by atoms with E-state index in [4.69, 9.17) is 9.47 Å². The van der Waals surface area contributed by atoms with Crippen LogP contribution in [0.1, 0.15) is 22.3 Å². The number of benzene rings is 2. The number of nitrogens with one attached hydrogen (secondary N) is 1. The molecule has 0 spiro atoms. The van der Waals surface area contributed by atoms with Gasteiger partial charge in [0, 0.05) is 23.4 Å². The molecule has 0 aliphatic carbocycles. The number of aryl methyl sites for hydroxylation is 1. The van der Waals surface area contributed by atoms with Crippen molar-refractivity contribution >= 4 is 22.6 Å². The van der Waals surface area contributed by atoms with Gasteiger partial charge in [-0.1, -0.05) is 30.3 Å². The van der Waals surface area contributed by atoms with Crippen LogP contribution in [0.2, 0.25) is 0 Å². The number of carbonyl (C=O) groups excluding carboxylic acids is 2. The average Bonchev–Trinajstić information content (AvgIpc) is 2.74. The molecular weight excluding hydrogens is 360 g/mol. The third-order valence-electron chi connectivity index (χ3n) is 4.37. The minimum atomic E-state index is -0.586. The van der Waals surface area contributed by atoms with Gasteiger partial charge in [-0.15, -0.1) is 0 Å². The summed E-state index contributed by atoms with van der Waals surface area (Å²) in [5.74, 6) is -0.187. The molecule has 0 saturated heterocycles. The van der Waals surface area contributed by atoms with Gasteiger partial charge in [0.05, 0.1) is 19.8 Å². The number of esters is 1. The van der Waals surface area contributed by atoms with Crippen LogP contribution in [0.4, 0.5) is 0 Å². The van der Waals surface area contributed by atoms with Crippen LogP contribution in [0.5, 0.6) is 5.75 Å². The van der Waals surface area contributed by atoms with Crippen molar-refractivity contribution in [3.05, 3.63) is 76.2 Å². The molecule has 1 amide bonds. The number of amides is 1. The molecule has 3 rings (SSSR count). The Morgan fingerprint density at radius 1 is 1.00 bits per heavy atom. The molecule has 1 N–H and O–H groups in total. The summed E-state index contributed by atoms with van der Waals surface area (Å²) in [6, 6.07) is 14.1. The van der Waals surface area contributed by atoms with Gasteiger partial charge in [0.1, 0.15) is 5.75 Å². The highest BCUT2D eigenvalue weighted by atomic mass is 16.5. The molecule has 0 saturated carbocycles. The van der Waals surface area contributed by atoms with Crippen molar-refractivity contribution in [1.82, 2.24) is 4.68 Å². The Morgan fingerprint density at radius 3 is 2.32 bits per heavy atom. The highest BCUT2D eigenvalue weighted by molar-refractivity contribution is 6.04. The monoisotopic (exact) mass is 380 g/mol. The Hall–Kier alpha value is -3.61. The topological polar surface area (TPSA) is 86.6 Å². The number of pyridine rings is 1. The van der Waals surface area contributed by atoms with Crippen molar-refractivity contribution in [3.63, 3.8) is 0 Å². The number of methoxy groups -OCH3 is 2. The summed E-state index contributed by atoms with van der Waals surface area (Å²) < 4.78 is 10.9. The van der Waals surface area contributed by atoms with Crippen LogP contribution in [-0.4, -0.2) is 30.8 Å². The normalized spacial score (nSPS) is 10.5. The van der Waals surface area contributed by atoms with E-state index in [0.29, 0.717) is 17.2 Å². The molecule has 1 aromatic heterocycles. The lowest BCUT2D eigenvalue weighted by Crippen LogP contribution is -2.34. The molecule has 0 bridgehead atoms. The van der Waals surface area contributed by atoms with Gasteiger partial charge in [-0.2, -0.15) is 0 Å². The minimum absolute atomic E-state index is 0.180. The number of ether oxygens (including phenoxy) is 2. The molecule has 0 fully saturated rings. The third kappa shape index (κ3) is 4.03. The van der Waals surface area contributed by atoms with Gasteiger partial charge in [-0.05, 0) is 30.2 Å². The van der Waals surface area contributed by atoms with E-state index in [-0.39, 0.29) is 17.9 Å². The number of fused-ring (bicyclic) bond motifs is 1. The highest BCUT2D eigenvalue weighted by Crippen LogP contribution is 2.16. The van der Waals surface area contributed by atoms with Gasteiger partial charge in [0.25, 0.3) is 5.56 Å². The first kappa shape index (κ1) is 19.2. The quantitative estimate of drug-likeness (QED) is 0.664. The van der Waals surface area contributed by atoms with E-state index in [1.54, 1.807) is 31.4 Å². The lowest BCUT2D eigenvalue weighted by atomic mass is 10.1. The van der Waals surface area contributed by atoms with Crippen LogP contribution in [0.15, 0.2) is 59.5 Å². The standard InChI is InChI=1S/C21H20N2O5/c1-27-15-10-7-14(8-11-15)9-12-19(24)22-23-13-18(21(26)28-2)16-5-3-4-6-17(16)20(23)25/h3-8,10-11,13H,9,12H2,1-2H3,(H,22,24). The second kappa shape index (κ2) is 8.39. The average molecular weight is 380 g/mol. The summed E-state index contributed by atoms with van der Waals surface area (Å²) >= 11 is 0. The van der Waals surface area contributed by atoms with Gasteiger partial charge in [0.2, 0.25) is 5.91 Å².